The van der Waals surface area contributed by atoms with Gasteiger partial charge >= 0.3 is 0 Å². The summed E-state index contributed by atoms with van der Waals surface area (Å²) >= 11 is 0. The van der Waals surface area contributed by atoms with E-state index in [9.17, 15) is 4.79 Å². The predicted octanol–water partition coefficient (Wildman–Crippen LogP) is 3.50. The number of likely N-dealkylation sites (tertiary alicyclic amines) is 1. The predicted molar refractivity (Wildman–Crippen MR) is 112 cm³/mol. The van der Waals surface area contributed by atoms with Crippen LogP contribution in [0.25, 0.3) is 5.65 Å². The first-order valence-corrected chi connectivity index (χ1v) is 10.2. The van der Waals surface area contributed by atoms with Crippen molar-refractivity contribution < 1.29 is 9.53 Å². The molecule has 3 heterocycles. The number of aromatic nitrogens is 2. The average Bonchev–Trinajstić information content (AvgIpc) is 3.24. The number of hydrogen-bond donors (Lipinski definition) is 1. The molecule has 2 atom stereocenters. The van der Waals surface area contributed by atoms with Crippen molar-refractivity contribution >= 4 is 24.0 Å². The molecule has 154 valence electrons. The van der Waals surface area contributed by atoms with Gasteiger partial charge in [-0.3, -0.25) is 14.1 Å². The molecule has 1 aliphatic heterocycles. The highest BCUT2D eigenvalue weighted by Gasteiger charge is 2.45. The Morgan fingerprint density at radius 3 is 2.86 bits per heavy atom. The summed E-state index contributed by atoms with van der Waals surface area (Å²) in [6.07, 6.45) is 10.9. The van der Waals surface area contributed by atoms with E-state index in [2.05, 4.69) is 29.2 Å². The zero-order valence-electron chi connectivity index (χ0n) is 16.8. The Morgan fingerprint density at radius 2 is 2.07 bits per heavy atom. The molecule has 2 aliphatic rings. The zero-order valence-corrected chi connectivity index (χ0v) is 17.6. The van der Waals surface area contributed by atoms with Gasteiger partial charge in [0.05, 0.1) is 18.8 Å². The molecule has 1 aliphatic carbocycles. The summed E-state index contributed by atoms with van der Waals surface area (Å²) in [6, 6.07) is 5.70. The second-order valence-electron chi connectivity index (χ2n) is 8.18. The third-order valence-corrected chi connectivity index (χ3v) is 6.45. The van der Waals surface area contributed by atoms with Crippen molar-refractivity contribution in [3.8, 4) is 0 Å². The lowest BCUT2D eigenvalue weighted by molar-refractivity contribution is -0.136. The Kier molecular flexibility index (Phi) is 6.63. The first-order chi connectivity index (χ1) is 13.1. The molecule has 1 saturated heterocycles. The van der Waals surface area contributed by atoms with E-state index < -0.39 is 5.72 Å². The number of halogens is 1. The summed E-state index contributed by atoms with van der Waals surface area (Å²) < 4.78 is 8.28. The van der Waals surface area contributed by atoms with Crippen molar-refractivity contribution in [3.63, 3.8) is 0 Å². The third kappa shape index (κ3) is 4.04. The molecule has 1 saturated carbocycles. The quantitative estimate of drug-likeness (QED) is 0.825. The van der Waals surface area contributed by atoms with Crippen LogP contribution in [0.5, 0.6) is 0 Å². The molecule has 0 aromatic carbocycles. The highest BCUT2D eigenvalue weighted by molar-refractivity contribution is 5.93. The lowest BCUT2D eigenvalue weighted by Crippen LogP contribution is -2.55. The number of hydrogen-bond acceptors (Lipinski definition) is 4. The van der Waals surface area contributed by atoms with E-state index in [-0.39, 0.29) is 24.4 Å². The summed E-state index contributed by atoms with van der Waals surface area (Å²) in [4.78, 5) is 19.5. The third-order valence-electron chi connectivity index (χ3n) is 6.45. The lowest BCUT2D eigenvalue weighted by atomic mass is 9.90. The molecular formula is C21H31ClN4O2. The maximum absolute atomic E-state index is 12.9. The molecule has 7 heteroatoms. The normalized spacial score (nSPS) is 26.3. The summed E-state index contributed by atoms with van der Waals surface area (Å²) in [5.41, 5.74) is 0.880. The van der Waals surface area contributed by atoms with E-state index in [0.29, 0.717) is 11.6 Å². The Balaban J connectivity index is 0.00000225. The summed E-state index contributed by atoms with van der Waals surface area (Å²) in [5, 5.41) is 3.22. The molecule has 28 heavy (non-hydrogen) atoms. The molecule has 2 aromatic rings. The van der Waals surface area contributed by atoms with Crippen LogP contribution in [0.2, 0.25) is 0 Å². The molecule has 4 rings (SSSR count). The minimum absolute atomic E-state index is 0. The van der Waals surface area contributed by atoms with Gasteiger partial charge in [-0.2, -0.15) is 0 Å². The van der Waals surface area contributed by atoms with Gasteiger partial charge in [-0.15, -0.1) is 12.4 Å². The van der Waals surface area contributed by atoms with Crippen LogP contribution >= 0.6 is 12.4 Å². The number of ether oxygens (including phenoxy) is 1. The van der Waals surface area contributed by atoms with Gasteiger partial charge in [0.15, 0.2) is 0 Å². The van der Waals surface area contributed by atoms with Crippen LogP contribution in [-0.4, -0.2) is 52.2 Å². The minimum atomic E-state index is -0.465. The Hall–Kier alpha value is -1.63. The Labute approximate surface area is 173 Å². The summed E-state index contributed by atoms with van der Waals surface area (Å²) in [5.74, 6) is 0.557. The zero-order chi connectivity index (χ0) is 18.9. The fourth-order valence-corrected chi connectivity index (χ4v) is 4.47. The smallest absolute Gasteiger partial charge is 0.270 e. The molecule has 2 aromatic heterocycles. The van der Waals surface area contributed by atoms with Gasteiger partial charge in [-0.25, -0.2) is 4.98 Å². The lowest BCUT2D eigenvalue weighted by Gasteiger charge is -2.39. The average molecular weight is 407 g/mol. The largest absolute Gasteiger partial charge is 0.358 e. The number of rotatable bonds is 5. The molecular weight excluding hydrogens is 376 g/mol. The van der Waals surface area contributed by atoms with E-state index in [1.54, 1.807) is 6.20 Å². The molecule has 1 N–H and O–H groups in total. The minimum Gasteiger partial charge on any atom is -0.358 e. The van der Waals surface area contributed by atoms with Crippen molar-refractivity contribution in [1.29, 1.82) is 0 Å². The van der Waals surface area contributed by atoms with Crippen LogP contribution < -0.4 is 5.32 Å². The number of amides is 1. The monoisotopic (exact) mass is 406 g/mol. The van der Waals surface area contributed by atoms with Crippen LogP contribution in [-0.2, 0) is 4.74 Å². The number of carbonyl (C=O) groups excluding carboxylic acids is 1. The molecule has 0 radical (unpaired) electrons. The fraction of sp³-hybridized carbons (Fsp3) is 0.619. The molecule has 0 bridgehead atoms. The van der Waals surface area contributed by atoms with Crippen molar-refractivity contribution in [3.05, 3.63) is 36.3 Å². The second-order valence-corrected chi connectivity index (χ2v) is 8.18. The van der Waals surface area contributed by atoms with Crippen molar-refractivity contribution in [2.45, 2.75) is 57.2 Å². The second kappa shape index (κ2) is 8.80. The standard InChI is InChI=1S/C21H30N4O2.ClH/c1-21(27-15-16-8-4-3-5-9-16)18(11-13-24(21)2)23-20(26)17-14-22-19-10-6-7-12-25(17)19;/h6-7,10,12,14,16,18H,3-5,8-9,11,13,15H2,1-2H3,(H,23,26);1H/t18-,21?;/m0./s1. The van der Waals surface area contributed by atoms with E-state index in [4.69, 9.17) is 4.74 Å². The SMILES string of the molecule is CN1CC[C@H](NC(=O)c2cnc3ccccn23)C1(C)OCC1CCCCC1.Cl. The number of fused-ring (bicyclic) bond motifs is 1. The van der Waals surface area contributed by atoms with Gasteiger partial charge in [0, 0.05) is 12.7 Å². The van der Waals surface area contributed by atoms with Crippen LogP contribution in [0.1, 0.15) is 55.9 Å². The summed E-state index contributed by atoms with van der Waals surface area (Å²) in [6.45, 7) is 3.81. The van der Waals surface area contributed by atoms with Crippen LogP contribution in [0, 0.1) is 5.92 Å². The first kappa shape index (κ1) is 21.1. The van der Waals surface area contributed by atoms with Gasteiger partial charge in [-0.1, -0.05) is 25.3 Å². The van der Waals surface area contributed by atoms with Gasteiger partial charge in [0.2, 0.25) is 0 Å². The number of nitrogens with zero attached hydrogens (tertiary/aromatic N) is 3. The highest BCUT2D eigenvalue weighted by Crippen LogP contribution is 2.32. The number of pyridine rings is 1. The van der Waals surface area contributed by atoms with Gasteiger partial charge in [-0.05, 0) is 51.3 Å². The van der Waals surface area contributed by atoms with E-state index in [1.807, 2.05) is 28.8 Å². The van der Waals surface area contributed by atoms with Crippen molar-refractivity contribution in [2.24, 2.45) is 5.92 Å². The van der Waals surface area contributed by atoms with E-state index >= 15 is 0 Å². The maximum atomic E-state index is 12.9. The number of carbonyl (C=O) groups is 1. The van der Waals surface area contributed by atoms with E-state index in [1.165, 1.54) is 32.1 Å². The number of imidazole rings is 1. The van der Waals surface area contributed by atoms with Crippen molar-refractivity contribution in [2.75, 3.05) is 20.2 Å². The fourth-order valence-electron chi connectivity index (χ4n) is 4.47. The Morgan fingerprint density at radius 1 is 1.29 bits per heavy atom. The van der Waals surface area contributed by atoms with Gasteiger partial charge in [0.1, 0.15) is 17.1 Å². The number of likely N-dealkylation sites (N-methyl/N-ethyl adjacent to an activating group) is 1. The van der Waals surface area contributed by atoms with Gasteiger partial charge < -0.3 is 10.1 Å². The van der Waals surface area contributed by atoms with Crippen LogP contribution in [0.4, 0.5) is 0 Å². The van der Waals surface area contributed by atoms with Crippen LogP contribution in [0.15, 0.2) is 30.6 Å². The van der Waals surface area contributed by atoms with Gasteiger partial charge in [0.25, 0.3) is 5.91 Å². The molecule has 2 fully saturated rings. The first-order valence-electron chi connectivity index (χ1n) is 10.2. The molecule has 1 amide bonds. The number of nitrogens with one attached hydrogen (secondary N) is 1. The summed E-state index contributed by atoms with van der Waals surface area (Å²) in [7, 11) is 2.08. The molecule has 6 nitrogen and oxygen atoms in total. The molecule has 0 spiro atoms. The Bertz CT molecular complexity index is 805. The van der Waals surface area contributed by atoms with Crippen LogP contribution in [0.3, 0.4) is 0 Å². The maximum Gasteiger partial charge on any atom is 0.270 e. The van der Waals surface area contributed by atoms with Crippen molar-refractivity contribution in [1.82, 2.24) is 19.6 Å². The highest BCUT2D eigenvalue weighted by atomic mass is 35.5. The van der Waals surface area contributed by atoms with E-state index in [0.717, 1.165) is 25.2 Å². The topological polar surface area (TPSA) is 58.9 Å². The molecule has 1 unspecified atom stereocenters.